The van der Waals surface area contributed by atoms with Gasteiger partial charge >= 0.3 is 0 Å². The lowest BCUT2D eigenvalue weighted by atomic mass is 10.1. The number of nitrogens with zero attached hydrogens (tertiary/aromatic N) is 3. The molecule has 0 saturated heterocycles. The Morgan fingerprint density at radius 1 is 1.00 bits per heavy atom. The number of rotatable bonds is 3. The van der Waals surface area contributed by atoms with Crippen LogP contribution in [0.2, 0.25) is 0 Å². The van der Waals surface area contributed by atoms with Crippen molar-refractivity contribution < 1.29 is 18.5 Å². The third-order valence-electron chi connectivity index (χ3n) is 5.61. The van der Waals surface area contributed by atoms with E-state index >= 15 is 0 Å². The van der Waals surface area contributed by atoms with Crippen LogP contribution >= 0.6 is 0 Å². The standard InChI is InChI=1S/C24H21N5O4/c1-12-9-16(14(3)32-12)19-10-17(21-13(2)28-33-24(21)25-19)22(30)26-27-23(31)18-11-29(4)20-8-6-5-7-15(18)20/h5-11H,1-4H3,(H,26,30)(H,27,31). The molecule has 0 aliphatic carbocycles. The van der Waals surface area contributed by atoms with E-state index in [1.54, 1.807) is 19.2 Å². The molecule has 4 heterocycles. The van der Waals surface area contributed by atoms with Crippen molar-refractivity contribution in [3.05, 3.63) is 70.9 Å². The van der Waals surface area contributed by atoms with E-state index in [2.05, 4.69) is 21.0 Å². The molecule has 0 aliphatic rings. The highest BCUT2D eigenvalue weighted by Gasteiger charge is 2.22. The van der Waals surface area contributed by atoms with Crippen LogP contribution in [0.3, 0.4) is 0 Å². The second kappa shape index (κ2) is 7.63. The summed E-state index contributed by atoms with van der Waals surface area (Å²) in [6.07, 6.45) is 1.73. The Balaban J connectivity index is 1.47. The Morgan fingerprint density at radius 3 is 2.45 bits per heavy atom. The van der Waals surface area contributed by atoms with E-state index in [-0.39, 0.29) is 11.3 Å². The number of aromatic nitrogens is 3. The summed E-state index contributed by atoms with van der Waals surface area (Å²) in [5, 5.41) is 5.22. The summed E-state index contributed by atoms with van der Waals surface area (Å²) >= 11 is 0. The Kier molecular flexibility index (Phi) is 4.74. The van der Waals surface area contributed by atoms with Gasteiger partial charge in [0.25, 0.3) is 17.5 Å². The molecule has 5 aromatic rings. The second-order valence-corrected chi connectivity index (χ2v) is 7.91. The number of amides is 2. The van der Waals surface area contributed by atoms with Gasteiger partial charge in [-0.3, -0.25) is 20.4 Å². The SMILES string of the molecule is Cc1cc(-c2cc(C(=O)NNC(=O)c3cn(C)c4ccccc34)c3c(C)noc3n2)c(C)o1. The Labute approximate surface area is 188 Å². The zero-order valence-corrected chi connectivity index (χ0v) is 18.5. The number of aryl methyl sites for hydroxylation is 4. The molecule has 0 atom stereocenters. The van der Waals surface area contributed by atoms with Gasteiger partial charge in [0, 0.05) is 29.7 Å². The van der Waals surface area contributed by atoms with E-state index in [9.17, 15) is 9.59 Å². The summed E-state index contributed by atoms with van der Waals surface area (Å²) in [6.45, 7) is 5.39. The van der Waals surface area contributed by atoms with E-state index in [4.69, 9.17) is 8.94 Å². The van der Waals surface area contributed by atoms with Gasteiger partial charge in [-0.15, -0.1) is 0 Å². The number of para-hydroxylation sites is 1. The van der Waals surface area contributed by atoms with Gasteiger partial charge in [-0.2, -0.15) is 0 Å². The third kappa shape index (κ3) is 3.43. The zero-order valence-electron chi connectivity index (χ0n) is 18.5. The van der Waals surface area contributed by atoms with Crippen molar-refractivity contribution in [2.75, 3.05) is 0 Å². The largest absolute Gasteiger partial charge is 0.466 e. The number of nitrogens with one attached hydrogen (secondary N) is 2. The topological polar surface area (TPSA) is 115 Å². The van der Waals surface area contributed by atoms with Crippen molar-refractivity contribution in [1.29, 1.82) is 0 Å². The molecule has 1 aromatic carbocycles. The van der Waals surface area contributed by atoms with Crippen LogP contribution in [0.5, 0.6) is 0 Å². The predicted octanol–water partition coefficient (Wildman–Crippen LogP) is 3.97. The van der Waals surface area contributed by atoms with Gasteiger partial charge in [-0.05, 0) is 39.0 Å². The maximum Gasteiger partial charge on any atom is 0.271 e. The average molecular weight is 443 g/mol. The van der Waals surface area contributed by atoms with E-state index < -0.39 is 11.8 Å². The molecule has 0 aliphatic heterocycles. The number of benzene rings is 1. The van der Waals surface area contributed by atoms with E-state index in [1.165, 1.54) is 0 Å². The first-order valence-corrected chi connectivity index (χ1v) is 10.3. The molecule has 33 heavy (non-hydrogen) atoms. The van der Waals surface area contributed by atoms with Crippen LogP contribution in [-0.2, 0) is 7.05 Å². The molecule has 5 rings (SSSR count). The number of furan rings is 1. The monoisotopic (exact) mass is 443 g/mol. The molecule has 4 aromatic heterocycles. The van der Waals surface area contributed by atoms with Crippen LogP contribution in [0.4, 0.5) is 0 Å². The van der Waals surface area contributed by atoms with E-state index in [0.29, 0.717) is 28.1 Å². The van der Waals surface area contributed by atoms with Crippen molar-refractivity contribution in [1.82, 2.24) is 25.6 Å². The van der Waals surface area contributed by atoms with Gasteiger partial charge in [-0.25, -0.2) is 4.98 Å². The maximum absolute atomic E-state index is 13.1. The van der Waals surface area contributed by atoms with E-state index in [0.717, 1.165) is 22.2 Å². The van der Waals surface area contributed by atoms with Crippen LogP contribution in [0.1, 0.15) is 37.9 Å². The van der Waals surface area contributed by atoms with Crippen molar-refractivity contribution in [3.8, 4) is 11.3 Å². The minimum atomic E-state index is -0.513. The minimum absolute atomic E-state index is 0.230. The van der Waals surface area contributed by atoms with Crippen molar-refractivity contribution >= 4 is 33.8 Å². The smallest absolute Gasteiger partial charge is 0.271 e. The number of pyridine rings is 1. The molecule has 166 valence electrons. The average Bonchev–Trinajstić information content (AvgIpc) is 3.46. The molecular weight excluding hydrogens is 422 g/mol. The summed E-state index contributed by atoms with van der Waals surface area (Å²) in [4.78, 5) is 30.5. The maximum atomic E-state index is 13.1. The van der Waals surface area contributed by atoms with Gasteiger partial charge in [0.1, 0.15) is 11.5 Å². The molecule has 0 radical (unpaired) electrons. The van der Waals surface area contributed by atoms with Crippen LogP contribution < -0.4 is 10.9 Å². The summed E-state index contributed by atoms with van der Waals surface area (Å²) in [6, 6.07) is 11.0. The second-order valence-electron chi connectivity index (χ2n) is 7.91. The lowest BCUT2D eigenvalue weighted by Crippen LogP contribution is -2.41. The molecular formula is C24H21N5O4. The fraction of sp³-hybridized carbons (Fsp3) is 0.167. The Morgan fingerprint density at radius 2 is 1.73 bits per heavy atom. The molecule has 9 heteroatoms. The van der Waals surface area contributed by atoms with Crippen molar-refractivity contribution in [3.63, 3.8) is 0 Å². The summed E-state index contributed by atoms with van der Waals surface area (Å²) in [5.41, 5.74) is 8.69. The fourth-order valence-corrected chi connectivity index (χ4v) is 4.07. The molecule has 2 amide bonds. The number of fused-ring (bicyclic) bond motifs is 2. The normalized spacial score (nSPS) is 11.3. The van der Waals surface area contributed by atoms with Crippen LogP contribution in [0, 0.1) is 20.8 Å². The summed E-state index contributed by atoms with van der Waals surface area (Å²) in [5.74, 6) is 0.466. The lowest BCUT2D eigenvalue weighted by molar-refractivity contribution is 0.0848. The highest BCUT2D eigenvalue weighted by atomic mass is 16.5. The van der Waals surface area contributed by atoms with Gasteiger partial charge in [0.05, 0.1) is 27.9 Å². The van der Waals surface area contributed by atoms with Crippen LogP contribution in [0.15, 0.2) is 51.5 Å². The summed E-state index contributed by atoms with van der Waals surface area (Å²) in [7, 11) is 1.86. The first-order chi connectivity index (χ1) is 15.8. The van der Waals surface area contributed by atoms with Crippen LogP contribution in [-0.4, -0.2) is 26.5 Å². The van der Waals surface area contributed by atoms with Crippen molar-refractivity contribution in [2.24, 2.45) is 7.05 Å². The highest BCUT2D eigenvalue weighted by Crippen LogP contribution is 2.30. The molecule has 0 fully saturated rings. The fourth-order valence-electron chi connectivity index (χ4n) is 4.07. The molecule has 0 spiro atoms. The quantitative estimate of drug-likeness (QED) is 0.408. The van der Waals surface area contributed by atoms with Gasteiger partial charge < -0.3 is 13.5 Å². The molecule has 9 nitrogen and oxygen atoms in total. The van der Waals surface area contributed by atoms with Crippen molar-refractivity contribution in [2.45, 2.75) is 20.8 Å². The first-order valence-electron chi connectivity index (χ1n) is 10.3. The number of carbonyl (C=O) groups excluding carboxylic acids is 2. The zero-order chi connectivity index (χ0) is 23.3. The van der Waals surface area contributed by atoms with Gasteiger partial charge in [0.15, 0.2) is 0 Å². The minimum Gasteiger partial charge on any atom is -0.466 e. The predicted molar refractivity (Wildman–Crippen MR) is 122 cm³/mol. The first kappa shape index (κ1) is 20.5. The molecule has 0 bridgehead atoms. The van der Waals surface area contributed by atoms with E-state index in [1.807, 2.05) is 55.8 Å². The number of hydrogen-bond acceptors (Lipinski definition) is 6. The lowest BCUT2D eigenvalue weighted by Gasteiger charge is -2.09. The van der Waals surface area contributed by atoms with Crippen LogP contribution in [0.25, 0.3) is 33.3 Å². The highest BCUT2D eigenvalue weighted by molar-refractivity contribution is 6.10. The molecule has 0 saturated carbocycles. The Bertz CT molecular complexity index is 1560. The number of hydrazine groups is 1. The summed E-state index contributed by atoms with van der Waals surface area (Å²) < 4.78 is 12.8. The third-order valence-corrected chi connectivity index (χ3v) is 5.61. The molecule has 2 N–H and O–H groups in total. The number of carbonyl (C=O) groups is 2. The van der Waals surface area contributed by atoms with Gasteiger partial charge in [-0.1, -0.05) is 23.4 Å². The Hall–Kier alpha value is -4.40. The van der Waals surface area contributed by atoms with Gasteiger partial charge in [0.2, 0.25) is 0 Å². The number of hydrogen-bond donors (Lipinski definition) is 2. The molecule has 0 unspecified atom stereocenters.